The van der Waals surface area contributed by atoms with Gasteiger partial charge in [0, 0.05) is 30.4 Å². The lowest BCUT2D eigenvalue weighted by Crippen LogP contribution is -1.98. The van der Waals surface area contributed by atoms with Crippen molar-refractivity contribution in [3.05, 3.63) is 95.3 Å². The zero-order valence-corrected chi connectivity index (χ0v) is 21.7. The van der Waals surface area contributed by atoms with E-state index >= 15 is 0 Å². The van der Waals surface area contributed by atoms with Crippen molar-refractivity contribution in [3.8, 4) is 11.3 Å². The molecule has 1 amide bonds. The van der Waals surface area contributed by atoms with Gasteiger partial charge in [-0.05, 0) is 54.2 Å². The number of hydrogen-bond donors (Lipinski definition) is 1. The zero-order chi connectivity index (χ0) is 25.3. The standard InChI is InChI=1S/C24H22N2.C2H5NO.2C2H6/c1-3-18-4-6-19(7-5-18)15-20-8-10-21(11-9-20)24-14-17(2)22-16-25-13-12-23(22)26-24;1-3-2-4;2*1-2/h4-14,16H,3,15H2,1-2H3;2H,1H3,(H,3,4);2*1-2H3. The van der Waals surface area contributed by atoms with Gasteiger partial charge in [-0.2, -0.15) is 0 Å². The molecule has 2 heterocycles. The van der Waals surface area contributed by atoms with Crippen molar-refractivity contribution in [3.63, 3.8) is 0 Å². The summed E-state index contributed by atoms with van der Waals surface area (Å²) < 4.78 is 0. The molecule has 0 aliphatic carbocycles. The molecular formula is C30H39N3O. The van der Waals surface area contributed by atoms with Crippen molar-refractivity contribution < 1.29 is 4.79 Å². The summed E-state index contributed by atoms with van der Waals surface area (Å²) in [6, 6.07) is 21.8. The fourth-order valence-electron chi connectivity index (χ4n) is 3.30. The van der Waals surface area contributed by atoms with Crippen LogP contribution in [-0.4, -0.2) is 23.4 Å². The third-order valence-corrected chi connectivity index (χ3v) is 5.02. The molecule has 180 valence electrons. The molecule has 0 bridgehead atoms. The van der Waals surface area contributed by atoms with E-state index in [-0.39, 0.29) is 0 Å². The molecule has 4 heteroatoms. The lowest BCUT2D eigenvalue weighted by Gasteiger charge is -2.08. The Morgan fingerprint density at radius 1 is 0.853 bits per heavy atom. The third-order valence-electron chi connectivity index (χ3n) is 5.02. The Balaban J connectivity index is 0.000000644. The van der Waals surface area contributed by atoms with Crippen LogP contribution in [0.15, 0.2) is 73.1 Å². The first kappa shape index (κ1) is 28.5. The quantitative estimate of drug-likeness (QED) is 0.323. The van der Waals surface area contributed by atoms with Gasteiger partial charge in [-0.15, -0.1) is 0 Å². The van der Waals surface area contributed by atoms with Gasteiger partial charge in [0.25, 0.3) is 0 Å². The number of carbonyl (C=O) groups is 1. The van der Waals surface area contributed by atoms with E-state index in [1.807, 2.05) is 40.0 Å². The molecule has 0 atom stereocenters. The average Bonchev–Trinajstić information content (AvgIpc) is 2.92. The number of carbonyl (C=O) groups excluding carboxylic acids is 1. The van der Waals surface area contributed by atoms with Crippen LogP contribution in [0.5, 0.6) is 0 Å². The van der Waals surface area contributed by atoms with Gasteiger partial charge in [0.1, 0.15) is 0 Å². The number of nitrogens with one attached hydrogen (secondary N) is 1. The second-order valence-electron chi connectivity index (χ2n) is 7.17. The number of benzene rings is 2. The topological polar surface area (TPSA) is 54.9 Å². The summed E-state index contributed by atoms with van der Waals surface area (Å²) >= 11 is 0. The number of aryl methyl sites for hydroxylation is 2. The number of rotatable bonds is 5. The highest BCUT2D eigenvalue weighted by Crippen LogP contribution is 2.24. The number of nitrogens with zero attached hydrogens (tertiary/aromatic N) is 2. The Labute approximate surface area is 205 Å². The van der Waals surface area contributed by atoms with Gasteiger partial charge in [0.2, 0.25) is 6.41 Å². The molecule has 0 spiro atoms. The van der Waals surface area contributed by atoms with Crippen LogP contribution >= 0.6 is 0 Å². The normalized spacial score (nSPS) is 9.38. The molecular weight excluding hydrogens is 418 g/mol. The number of hydrogen-bond acceptors (Lipinski definition) is 3. The van der Waals surface area contributed by atoms with Gasteiger partial charge in [-0.3, -0.25) is 9.78 Å². The molecule has 1 N–H and O–H groups in total. The zero-order valence-electron chi connectivity index (χ0n) is 21.7. The maximum Gasteiger partial charge on any atom is 0.206 e. The largest absolute Gasteiger partial charge is 0.362 e. The van der Waals surface area contributed by atoms with E-state index in [0.717, 1.165) is 35.0 Å². The lowest BCUT2D eigenvalue weighted by molar-refractivity contribution is -0.109. The van der Waals surface area contributed by atoms with E-state index in [1.165, 1.54) is 22.3 Å². The summed E-state index contributed by atoms with van der Waals surface area (Å²) in [6.07, 6.45) is 6.35. The van der Waals surface area contributed by atoms with Gasteiger partial charge >= 0.3 is 0 Å². The monoisotopic (exact) mass is 457 g/mol. The molecule has 0 fully saturated rings. The average molecular weight is 458 g/mol. The summed E-state index contributed by atoms with van der Waals surface area (Å²) in [4.78, 5) is 18.1. The summed E-state index contributed by atoms with van der Waals surface area (Å²) in [5.74, 6) is 0. The molecule has 0 aliphatic heterocycles. The Morgan fingerprint density at radius 3 is 1.91 bits per heavy atom. The van der Waals surface area contributed by atoms with Gasteiger partial charge < -0.3 is 5.32 Å². The summed E-state index contributed by atoms with van der Waals surface area (Å²) in [5, 5.41) is 3.36. The molecule has 0 aliphatic rings. The first-order chi connectivity index (χ1) is 16.6. The third kappa shape index (κ3) is 8.43. The van der Waals surface area contributed by atoms with Crippen LogP contribution in [0.3, 0.4) is 0 Å². The van der Waals surface area contributed by atoms with Crippen molar-refractivity contribution in [2.75, 3.05) is 7.05 Å². The molecule has 0 radical (unpaired) electrons. The van der Waals surface area contributed by atoms with Crippen molar-refractivity contribution in [2.45, 2.75) is 54.4 Å². The first-order valence-electron chi connectivity index (χ1n) is 12.1. The fraction of sp³-hybridized carbons (Fsp3) is 0.300. The molecule has 4 aromatic rings. The van der Waals surface area contributed by atoms with Crippen molar-refractivity contribution in [1.29, 1.82) is 0 Å². The van der Waals surface area contributed by atoms with Crippen LogP contribution in [0.4, 0.5) is 0 Å². The van der Waals surface area contributed by atoms with Crippen molar-refractivity contribution in [1.82, 2.24) is 15.3 Å². The molecule has 0 unspecified atom stereocenters. The number of pyridine rings is 2. The number of aromatic nitrogens is 2. The number of fused-ring (bicyclic) bond motifs is 1. The smallest absolute Gasteiger partial charge is 0.206 e. The highest BCUT2D eigenvalue weighted by Gasteiger charge is 2.05. The molecule has 4 rings (SSSR count). The molecule has 2 aromatic heterocycles. The van der Waals surface area contributed by atoms with Crippen LogP contribution in [0.25, 0.3) is 22.2 Å². The van der Waals surface area contributed by atoms with Crippen LogP contribution < -0.4 is 5.32 Å². The summed E-state index contributed by atoms with van der Waals surface area (Å²) in [7, 11) is 1.56. The number of amides is 1. The second kappa shape index (κ2) is 16.1. The minimum Gasteiger partial charge on any atom is -0.362 e. The van der Waals surface area contributed by atoms with Crippen LogP contribution in [0.1, 0.15) is 56.9 Å². The van der Waals surface area contributed by atoms with Crippen molar-refractivity contribution >= 4 is 17.3 Å². The highest BCUT2D eigenvalue weighted by atomic mass is 16.1. The minimum atomic E-state index is 0.625. The lowest BCUT2D eigenvalue weighted by atomic mass is 10.0. The summed E-state index contributed by atoms with van der Waals surface area (Å²) in [5.41, 5.74) is 8.42. The van der Waals surface area contributed by atoms with Gasteiger partial charge in [0.05, 0.1) is 11.2 Å². The fourth-order valence-corrected chi connectivity index (χ4v) is 3.30. The molecule has 4 nitrogen and oxygen atoms in total. The van der Waals surface area contributed by atoms with Crippen LogP contribution in [-0.2, 0) is 17.6 Å². The molecule has 0 saturated heterocycles. The van der Waals surface area contributed by atoms with Gasteiger partial charge in [-0.1, -0.05) is 83.1 Å². The van der Waals surface area contributed by atoms with Crippen molar-refractivity contribution in [2.24, 2.45) is 0 Å². The van der Waals surface area contributed by atoms with E-state index < -0.39 is 0 Å². The van der Waals surface area contributed by atoms with Gasteiger partial charge in [0.15, 0.2) is 0 Å². The van der Waals surface area contributed by atoms with E-state index in [1.54, 1.807) is 13.2 Å². The summed E-state index contributed by atoms with van der Waals surface area (Å²) in [6.45, 7) is 12.3. The Bertz CT molecular complexity index is 1100. The Morgan fingerprint density at radius 2 is 1.38 bits per heavy atom. The Kier molecular flexibility index (Phi) is 13.5. The Hall–Kier alpha value is -3.53. The van der Waals surface area contributed by atoms with Gasteiger partial charge in [-0.25, -0.2) is 4.98 Å². The van der Waals surface area contributed by atoms with E-state index in [4.69, 9.17) is 9.78 Å². The van der Waals surface area contributed by atoms with Crippen LogP contribution in [0, 0.1) is 6.92 Å². The first-order valence-corrected chi connectivity index (χ1v) is 12.1. The predicted molar refractivity (Wildman–Crippen MR) is 146 cm³/mol. The molecule has 2 aromatic carbocycles. The van der Waals surface area contributed by atoms with E-state index in [0.29, 0.717) is 6.41 Å². The minimum absolute atomic E-state index is 0.625. The maximum absolute atomic E-state index is 9.06. The highest BCUT2D eigenvalue weighted by molar-refractivity contribution is 5.84. The second-order valence-corrected chi connectivity index (χ2v) is 7.17. The van der Waals surface area contributed by atoms with E-state index in [9.17, 15) is 0 Å². The van der Waals surface area contributed by atoms with E-state index in [2.05, 4.69) is 78.7 Å². The van der Waals surface area contributed by atoms with Crippen LogP contribution in [0.2, 0.25) is 0 Å². The maximum atomic E-state index is 9.06. The predicted octanol–water partition coefficient (Wildman–Crippen LogP) is 7.17. The molecule has 0 saturated carbocycles. The molecule has 34 heavy (non-hydrogen) atoms. The SMILES string of the molecule is CC.CC.CCc1ccc(Cc2ccc(-c3cc(C)c4cnccc4n3)cc2)cc1.CNC=O.